The highest BCUT2D eigenvalue weighted by atomic mass is 16.5. The molecule has 1 heterocycles. The summed E-state index contributed by atoms with van der Waals surface area (Å²) in [4.78, 5) is 18.4. The van der Waals surface area contributed by atoms with Crippen molar-refractivity contribution < 1.29 is 19.4 Å². The number of benzene rings is 3. The van der Waals surface area contributed by atoms with E-state index in [2.05, 4.69) is 36.6 Å². The summed E-state index contributed by atoms with van der Waals surface area (Å²) in [5, 5.41) is 29.2. The minimum Gasteiger partial charge on any atom is -0.518 e. The Morgan fingerprint density at radius 2 is 1.70 bits per heavy atom. The zero-order valence-electron chi connectivity index (χ0n) is 31.6. The third kappa shape index (κ3) is 11.7. The molecule has 2 aliphatic rings. The number of hydrogen-bond donors (Lipinski definition) is 1. The fourth-order valence-corrected chi connectivity index (χ4v) is 6.28. The van der Waals surface area contributed by atoms with Crippen LogP contribution in [0.25, 0.3) is 10.6 Å². The van der Waals surface area contributed by atoms with Gasteiger partial charge in [-0.15, -0.1) is 0 Å². The van der Waals surface area contributed by atoms with Crippen molar-refractivity contribution in [2.75, 3.05) is 37.8 Å². The molecule has 1 aliphatic carbocycles. The zero-order chi connectivity index (χ0) is 38.9. The predicted octanol–water partition coefficient (Wildman–Crippen LogP) is 10.3. The summed E-state index contributed by atoms with van der Waals surface area (Å²) in [5.74, 6) is 0.342. The maximum atomic E-state index is 12.6. The van der Waals surface area contributed by atoms with Gasteiger partial charge in [0.1, 0.15) is 23.6 Å². The topological polar surface area (TPSA) is 111 Å². The fourth-order valence-electron chi connectivity index (χ4n) is 6.28. The molecular formula is C46H48N4O4. The summed E-state index contributed by atoms with van der Waals surface area (Å²) in [6, 6.07) is 25.9. The second-order valence-corrected chi connectivity index (χ2v) is 14.0. The number of carbonyl (C=O) groups excluding carboxylic acids is 1. The second-order valence-electron chi connectivity index (χ2n) is 14.0. The number of aliphatic hydroxyl groups excluding tert-OH is 1. The van der Waals surface area contributed by atoms with Crippen LogP contribution in [-0.2, 0) is 4.74 Å². The number of morpholine rings is 1. The van der Waals surface area contributed by atoms with Crippen LogP contribution in [0.1, 0.15) is 73.5 Å². The molecule has 276 valence electrons. The van der Waals surface area contributed by atoms with Crippen LogP contribution >= 0.6 is 0 Å². The normalized spacial score (nSPS) is 16.5. The first kappa shape index (κ1) is 40.6. The molecule has 1 N–H and O–H groups in total. The van der Waals surface area contributed by atoms with Gasteiger partial charge in [-0.2, -0.15) is 10.5 Å². The van der Waals surface area contributed by atoms with Gasteiger partial charge in [-0.05, 0) is 60.5 Å². The summed E-state index contributed by atoms with van der Waals surface area (Å²) < 4.78 is 11.2. The van der Waals surface area contributed by atoms with E-state index in [1.807, 2.05) is 67.6 Å². The van der Waals surface area contributed by atoms with E-state index in [9.17, 15) is 20.4 Å². The molecule has 0 aromatic heterocycles. The van der Waals surface area contributed by atoms with Gasteiger partial charge in [0.05, 0.1) is 37.5 Å². The molecule has 0 spiro atoms. The summed E-state index contributed by atoms with van der Waals surface area (Å²) in [6.45, 7) is 19.9. The number of Topliss-reactive ketones (excluding diaryl/α,β-unsaturated/α-hetero) is 1. The van der Waals surface area contributed by atoms with Crippen LogP contribution in [0.15, 0.2) is 126 Å². The molecular weight excluding hydrogens is 673 g/mol. The molecule has 1 aliphatic heterocycles. The molecule has 8 nitrogen and oxygen atoms in total. The van der Waals surface area contributed by atoms with E-state index in [-0.39, 0.29) is 28.2 Å². The van der Waals surface area contributed by atoms with Crippen molar-refractivity contribution in [1.29, 1.82) is 10.5 Å². The third-order valence-electron chi connectivity index (χ3n) is 8.99. The van der Waals surface area contributed by atoms with Gasteiger partial charge in [-0.1, -0.05) is 112 Å². The average Bonchev–Trinajstić information content (AvgIpc) is 3.19. The van der Waals surface area contributed by atoms with Gasteiger partial charge in [0.15, 0.2) is 0 Å². The highest BCUT2D eigenvalue weighted by Crippen LogP contribution is 2.39. The molecule has 0 saturated carbocycles. The molecule has 1 fully saturated rings. The van der Waals surface area contributed by atoms with Crippen LogP contribution in [0.3, 0.4) is 0 Å². The fraction of sp³-hybridized carbons (Fsp3) is 0.304. The van der Waals surface area contributed by atoms with Crippen molar-refractivity contribution in [2.24, 2.45) is 5.41 Å². The molecule has 0 bridgehead atoms. The van der Waals surface area contributed by atoms with Crippen molar-refractivity contribution >= 4 is 17.2 Å². The van der Waals surface area contributed by atoms with Gasteiger partial charge in [0, 0.05) is 36.0 Å². The van der Waals surface area contributed by atoms with E-state index in [0.29, 0.717) is 29.0 Å². The first-order valence-electron chi connectivity index (χ1n) is 18.2. The molecule has 0 unspecified atom stereocenters. The molecule has 54 heavy (non-hydrogen) atoms. The number of aliphatic hydroxyl groups is 1. The number of rotatable bonds is 11. The lowest BCUT2D eigenvalue weighted by Gasteiger charge is -2.30. The van der Waals surface area contributed by atoms with Crippen LogP contribution in [0.4, 0.5) is 5.69 Å². The lowest BCUT2D eigenvalue weighted by Crippen LogP contribution is -2.36. The second kappa shape index (κ2) is 20.2. The Morgan fingerprint density at radius 1 is 1.04 bits per heavy atom. The first-order chi connectivity index (χ1) is 26.1. The maximum absolute atomic E-state index is 12.6. The number of ketones is 1. The van der Waals surface area contributed by atoms with Gasteiger partial charge in [0.2, 0.25) is 11.5 Å². The van der Waals surface area contributed by atoms with Crippen molar-refractivity contribution in [1.82, 2.24) is 0 Å². The van der Waals surface area contributed by atoms with Crippen molar-refractivity contribution in [3.63, 3.8) is 0 Å². The molecule has 8 heteroatoms. The van der Waals surface area contributed by atoms with Crippen molar-refractivity contribution in [3.05, 3.63) is 159 Å². The van der Waals surface area contributed by atoms with Gasteiger partial charge >= 0.3 is 0 Å². The largest absolute Gasteiger partial charge is 0.518 e. The van der Waals surface area contributed by atoms with Gasteiger partial charge in [-0.3, -0.25) is 4.79 Å². The van der Waals surface area contributed by atoms with Gasteiger partial charge < -0.3 is 19.5 Å². The number of nitriles is 2. The van der Waals surface area contributed by atoms with E-state index in [0.717, 1.165) is 74.4 Å². The number of aryl methyl sites for hydroxylation is 1. The van der Waals surface area contributed by atoms with E-state index in [1.165, 1.54) is 0 Å². The molecule has 1 saturated heterocycles. The Morgan fingerprint density at radius 3 is 2.31 bits per heavy atom. The molecule has 3 aromatic carbocycles. The van der Waals surface area contributed by atoms with Crippen LogP contribution in [0, 0.1) is 41.6 Å². The quantitative estimate of drug-likeness (QED) is 0.0399. The van der Waals surface area contributed by atoms with E-state index < -0.39 is 0 Å². The van der Waals surface area contributed by atoms with E-state index in [4.69, 9.17) is 16.0 Å². The SMILES string of the molecule is CCCCOc1cc(N2CCOCC2)c(C)cc1C#N.[C-]#[N+]C(C=CC1=CC(=CC=C(C#N)C(=O)c2ccccc2)CC(C)(C)C1)=C(O)c1ccccc1. The third-order valence-corrected chi connectivity index (χ3v) is 8.99. The van der Waals surface area contributed by atoms with E-state index in [1.54, 1.807) is 48.6 Å². The summed E-state index contributed by atoms with van der Waals surface area (Å²) >= 11 is 0. The van der Waals surface area contributed by atoms with Crippen LogP contribution in [0.5, 0.6) is 5.75 Å². The Hall–Kier alpha value is -6.14. The monoisotopic (exact) mass is 720 g/mol. The lowest BCUT2D eigenvalue weighted by atomic mass is 9.75. The standard InChI is InChI=1S/C30H26N2O2.C16H22N2O2/c1-30(2)19-22(14-16-26(21-31)28(33)24-10-6-4-7-11-24)18-23(20-30)15-17-27(32-3)29(34)25-12-8-5-9-13-25;1-3-4-7-20-16-11-15(13(2)10-14(16)12-17)18-5-8-19-9-6-18/h4-18,34H,19-20H2,1-2H3;10-11H,3-9H2,1-2H3. The number of nitrogens with zero attached hydrogens (tertiary/aromatic N) is 4. The number of unbranched alkanes of at least 4 members (excludes halogenated alkanes) is 1. The van der Waals surface area contributed by atoms with Gasteiger partial charge in [-0.25, -0.2) is 4.85 Å². The molecule has 3 aromatic rings. The predicted molar refractivity (Wildman–Crippen MR) is 215 cm³/mol. The summed E-state index contributed by atoms with van der Waals surface area (Å²) in [6.07, 6.45) is 12.6. The van der Waals surface area contributed by atoms with Gasteiger partial charge in [0.25, 0.3) is 0 Å². The minimum atomic E-state index is -0.303. The first-order valence-corrected chi connectivity index (χ1v) is 18.2. The Labute approximate surface area is 320 Å². The average molecular weight is 721 g/mol. The number of allylic oxidation sites excluding steroid dienone is 8. The van der Waals surface area contributed by atoms with E-state index >= 15 is 0 Å². The zero-order valence-corrected chi connectivity index (χ0v) is 31.6. The van der Waals surface area contributed by atoms with Crippen molar-refractivity contribution in [2.45, 2.75) is 53.4 Å². The number of carbonyl (C=O) groups is 1. The highest BCUT2D eigenvalue weighted by molar-refractivity contribution is 6.11. The number of hydrogen-bond acceptors (Lipinski definition) is 7. The Balaban J connectivity index is 0.000000276. The number of ether oxygens (including phenoxy) is 2. The summed E-state index contributed by atoms with van der Waals surface area (Å²) in [5.41, 5.74) is 6.17. The highest BCUT2D eigenvalue weighted by Gasteiger charge is 2.24. The van der Waals surface area contributed by atoms with Crippen LogP contribution < -0.4 is 9.64 Å². The Bertz CT molecular complexity index is 2050. The lowest BCUT2D eigenvalue weighted by molar-refractivity contribution is 0.103. The van der Waals surface area contributed by atoms with Crippen molar-refractivity contribution in [3.8, 4) is 17.9 Å². The smallest absolute Gasteiger partial charge is 0.228 e. The molecule has 0 amide bonds. The number of anilines is 1. The van der Waals surface area contributed by atoms with Crippen LogP contribution in [-0.4, -0.2) is 43.8 Å². The summed E-state index contributed by atoms with van der Waals surface area (Å²) in [7, 11) is 0. The Kier molecular flexibility index (Phi) is 15.2. The molecule has 0 atom stereocenters. The van der Waals surface area contributed by atoms with Crippen LogP contribution in [0.2, 0.25) is 0 Å². The molecule has 5 rings (SSSR count). The molecule has 0 radical (unpaired) electrons. The maximum Gasteiger partial charge on any atom is 0.228 e. The minimum absolute atomic E-state index is 0.0339.